The number of carbonyl (C=O) groups excluding carboxylic acids is 2. The molecular weight excluding hydrogens is 448 g/mol. The Hall–Kier alpha value is -3.41. The van der Waals surface area contributed by atoms with Gasteiger partial charge in [-0.25, -0.2) is 4.98 Å². The van der Waals surface area contributed by atoms with Crippen molar-refractivity contribution < 1.29 is 22.2 Å². The molecule has 2 aliphatic rings. The molecule has 5 N–H and O–H groups in total. The van der Waals surface area contributed by atoms with Crippen molar-refractivity contribution in [3.05, 3.63) is 35.5 Å². The Morgan fingerprint density at radius 2 is 1.82 bits per heavy atom. The summed E-state index contributed by atoms with van der Waals surface area (Å²) in [4.78, 5) is 33.0. The monoisotopic (exact) mass is 474 g/mol. The molecule has 2 aliphatic carbocycles. The predicted molar refractivity (Wildman–Crippen MR) is 122 cm³/mol. The number of carbonyl (C=O) groups is 2. The Bertz CT molecular complexity index is 1180. The summed E-state index contributed by atoms with van der Waals surface area (Å²) in [5.74, 6) is -0.618. The molecule has 0 saturated heterocycles. The van der Waals surface area contributed by atoms with Crippen molar-refractivity contribution in [3.63, 3.8) is 0 Å². The van der Waals surface area contributed by atoms with Gasteiger partial charge in [0.05, 0.1) is 17.4 Å². The molecule has 33 heavy (non-hydrogen) atoms. The first-order valence-corrected chi connectivity index (χ1v) is 12.5. The Balaban J connectivity index is 1.60. The van der Waals surface area contributed by atoms with Crippen molar-refractivity contribution in [2.24, 2.45) is 5.73 Å². The van der Waals surface area contributed by atoms with E-state index >= 15 is 0 Å². The molecule has 1 aromatic carbocycles. The second-order valence-corrected chi connectivity index (χ2v) is 9.89. The molecule has 176 valence electrons. The first kappa shape index (κ1) is 22.8. The molecule has 0 bridgehead atoms. The number of aromatic nitrogens is 2. The largest absolute Gasteiger partial charge is 0.382 e. The van der Waals surface area contributed by atoms with Crippen LogP contribution in [0.15, 0.2) is 24.4 Å². The number of rotatable bonds is 9. The fourth-order valence-electron chi connectivity index (χ4n) is 3.64. The van der Waals surface area contributed by atoms with Crippen LogP contribution in [0, 0.1) is 0 Å². The normalized spacial score (nSPS) is 16.3. The summed E-state index contributed by atoms with van der Waals surface area (Å²) in [6.07, 6.45) is 8.18. The molecule has 2 saturated carbocycles. The molecule has 1 heterocycles. The van der Waals surface area contributed by atoms with Gasteiger partial charge in [0, 0.05) is 24.0 Å². The number of nitrogens with zero attached hydrogens (tertiary/aromatic N) is 2. The van der Waals surface area contributed by atoms with Gasteiger partial charge in [-0.2, -0.15) is 13.4 Å². The highest BCUT2D eigenvalue weighted by Crippen LogP contribution is 2.28. The molecule has 0 atom stereocenters. The van der Waals surface area contributed by atoms with E-state index in [9.17, 15) is 18.0 Å². The molecule has 2 amide bonds. The molecule has 2 aromatic rings. The highest BCUT2D eigenvalue weighted by Gasteiger charge is 2.26. The first-order valence-electron chi connectivity index (χ1n) is 10.7. The van der Waals surface area contributed by atoms with Crippen LogP contribution in [0.5, 0.6) is 5.75 Å². The SMILES string of the molecule is CS(=O)(=O)Oc1ccc(Nc2ncc(C(N)=O)c(NC3CCCC3)n2)cc1C(=O)NC1CC1. The minimum absolute atomic E-state index is 0.0652. The molecule has 12 heteroatoms. The van der Waals surface area contributed by atoms with Crippen LogP contribution < -0.4 is 25.9 Å². The second-order valence-electron chi connectivity index (χ2n) is 8.32. The molecule has 0 aliphatic heterocycles. The topological polar surface area (TPSA) is 165 Å². The molecule has 0 unspecified atom stereocenters. The summed E-state index contributed by atoms with van der Waals surface area (Å²) in [6, 6.07) is 4.68. The molecule has 0 radical (unpaired) electrons. The highest BCUT2D eigenvalue weighted by molar-refractivity contribution is 7.86. The standard InChI is InChI=1S/C21H26N6O5S/c1-33(30,31)32-17-9-8-14(10-15(17)20(29)25-13-6-7-13)26-21-23-11-16(18(22)28)19(27-21)24-12-4-2-3-5-12/h8-13H,2-7H2,1H3,(H2,22,28)(H,25,29)(H2,23,24,26,27). The number of hydrogen-bond donors (Lipinski definition) is 4. The Morgan fingerprint density at radius 3 is 2.45 bits per heavy atom. The number of nitrogens with one attached hydrogen (secondary N) is 3. The van der Waals surface area contributed by atoms with Crippen LogP contribution in [0.25, 0.3) is 0 Å². The van der Waals surface area contributed by atoms with Gasteiger partial charge in [-0.1, -0.05) is 12.8 Å². The van der Waals surface area contributed by atoms with Crippen molar-refractivity contribution in [2.45, 2.75) is 50.6 Å². The summed E-state index contributed by atoms with van der Waals surface area (Å²) in [5.41, 5.74) is 6.16. The average Bonchev–Trinajstić information content (AvgIpc) is 3.40. The number of primary amides is 1. The van der Waals surface area contributed by atoms with Crippen LogP contribution in [-0.4, -0.2) is 48.5 Å². The fraction of sp³-hybridized carbons (Fsp3) is 0.429. The van der Waals surface area contributed by atoms with E-state index in [0.29, 0.717) is 11.5 Å². The van der Waals surface area contributed by atoms with Crippen LogP contribution in [-0.2, 0) is 10.1 Å². The lowest BCUT2D eigenvalue weighted by atomic mass is 10.1. The van der Waals surface area contributed by atoms with Crippen LogP contribution >= 0.6 is 0 Å². The third-order valence-corrected chi connectivity index (χ3v) is 5.87. The first-order chi connectivity index (χ1) is 15.7. The highest BCUT2D eigenvalue weighted by atomic mass is 32.2. The van der Waals surface area contributed by atoms with E-state index in [1.165, 1.54) is 18.3 Å². The van der Waals surface area contributed by atoms with Crippen molar-refractivity contribution >= 4 is 39.4 Å². The summed E-state index contributed by atoms with van der Waals surface area (Å²) in [7, 11) is -3.83. The van der Waals surface area contributed by atoms with E-state index < -0.39 is 21.9 Å². The van der Waals surface area contributed by atoms with Gasteiger partial charge in [0.1, 0.15) is 5.82 Å². The molecule has 2 fully saturated rings. The second kappa shape index (κ2) is 9.22. The molecule has 0 spiro atoms. The minimum atomic E-state index is -3.83. The number of nitrogens with two attached hydrogens (primary N) is 1. The van der Waals surface area contributed by atoms with Crippen molar-refractivity contribution in [3.8, 4) is 5.75 Å². The van der Waals surface area contributed by atoms with Crippen LogP contribution in [0.2, 0.25) is 0 Å². The van der Waals surface area contributed by atoms with Gasteiger partial charge < -0.3 is 25.9 Å². The van der Waals surface area contributed by atoms with Crippen molar-refractivity contribution in [2.75, 3.05) is 16.9 Å². The zero-order valence-corrected chi connectivity index (χ0v) is 18.9. The van der Waals surface area contributed by atoms with Gasteiger partial charge in [0.15, 0.2) is 5.75 Å². The third-order valence-electron chi connectivity index (χ3n) is 5.38. The quantitative estimate of drug-likeness (QED) is 0.397. The Morgan fingerprint density at radius 1 is 1.09 bits per heavy atom. The maximum absolute atomic E-state index is 12.7. The number of amides is 2. The lowest BCUT2D eigenvalue weighted by Crippen LogP contribution is -2.26. The van der Waals surface area contributed by atoms with E-state index in [1.807, 2.05) is 0 Å². The predicted octanol–water partition coefficient (Wildman–Crippen LogP) is 1.90. The van der Waals surface area contributed by atoms with Crippen LogP contribution in [0.3, 0.4) is 0 Å². The van der Waals surface area contributed by atoms with E-state index in [-0.39, 0.29) is 34.9 Å². The summed E-state index contributed by atoms with van der Waals surface area (Å²) in [6.45, 7) is 0. The van der Waals surface area contributed by atoms with Gasteiger partial charge in [0.2, 0.25) is 5.95 Å². The lowest BCUT2D eigenvalue weighted by molar-refractivity contribution is 0.0948. The Labute approximate surface area is 191 Å². The van der Waals surface area contributed by atoms with E-state index in [2.05, 4.69) is 25.9 Å². The van der Waals surface area contributed by atoms with Gasteiger partial charge in [-0.15, -0.1) is 0 Å². The summed E-state index contributed by atoms with van der Waals surface area (Å²) in [5, 5.41) is 9.08. The van der Waals surface area contributed by atoms with Crippen molar-refractivity contribution in [1.29, 1.82) is 0 Å². The van der Waals surface area contributed by atoms with Crippen LogP contribution in [0.4, 0.5) is 17.5 Å². The van der Waals surface area contributed by atoms with E-state index in [0.717, 1.165) is 44.8 Å². The van der Waals surface area contributed by atoms with Crippen molar-refractivity contribution in [1.82, 2.24) is 15.3 Å². The molecular formula is C21H26N6O5S. The van der Waals surface area contributed by atoms with E-state index in [4.69, 9.17) is 9.92 Å². The van der Waals surface area contributed by atoms with Gasteiger partial charge >= 0.3 is 10.1 Å². The summed E-state index contributed by atoms with van der Waals surface area (Å²) >= 11 is 0. The average molecular weight is 475 g/mol. The van der Waals surface area contributed by atoms with E-state index in [1.54, 1.807) is 6.07 Å². The summed E-state index contributed by atoms with van der Waals surface area (Å²) < 4.78 is 28.2. The fourth-order valence-corrected chi connectivity index (χ4v) is 4.11. The molecule has 1 aromatic heterocycles. The minimum Gasteiger partial charge on any atom is -0.382 e. The van der Waals surface area contributed by atoms with Gasteiger partial charge in [0.25, 0.3) is 11.8 Å². The zero-order chi connectivity index (χ0) is 23.6. The lowest BCUT2D eigenvalue weighted by Gasteiger charge is -2.16. The Kier molecular flexibility index (Phi) is 6.36. The zero-order valence-electron chi connectivity index (χ0n) is 18.1. The third kappa shape index (κ3) is 6.09. The smallest absolute Gasteiger partial charge is 0.306 e. The van der Waals surface area contributed by atoms with Crippen LogP contribution in [0.1, 0.15) is 59.2 Å². The molecule has 11 nitrogen and oxygen atoms in total. The number of benzene rings is 1. The van der Waals surface area contributed by atoms with Gasteiger partial charge in [-0.3, -0.25) is 9.59 Å². The maximum atomic E-state index is 12.7. The maximum Gasteiger partial charge on any atom is 0.306 e. The number of anilines is 3. The van der Waals surface area contributed by atoms with Gasteiger partial charge in [-0.05, 0) is 43.9 Å². The molecule has 4 rings (SSSR count). The number of hydrogen-bond acceptors (Lipinski definition) is 9.